The van der Waals surface area contributed by atoms with E-state index in [4.69, 9.17) is 0 Å². The number of carbonyl (C=O) groups excluding carboxylic acids is 3. The number of para-hydroxylation sites is 1. The lowest BCUT2D eigenvalue weighted by molar-refractivity contribution is -0.862. The first-order valence-electron chi connectivity index (χ1n) is 7.48. The highest BCUT2D eigenvalue weighted by Crippen LogP contribution is 2.18. The van der Waals surface area contributed by atoms with E-state index >= 15 is 0 Å². The Morgan fingerprint density at radius 1 is 1.00 bits per heavy atom. The minimum atomic E-state index is -0.272. The molecule has 0 fully saturated rings. The Morgan fingerprint density at radius 3 is 2.13 bits per heavy atom. The van der Waals surface area contributed by atoms with Crippen molar-refractivity contribution in [2.24, 2.45) is 0 Å². The number of hydrogen-bond donors (Lipinski definition) is 4. The van der Waals surface area contributed by atoms with Crippen molar-refractivity contribution < 1.29 is 19.3 Å². The van der Waals surface area contributed by atoms with Gasteiger partial charge in [-0.2, -0.15) is 0 Å². The third-order valence-corrected chi connectivity index (χ3v) is 3.40. The summed E-state index contributed by atoms with van der Waals surface area (Å²) in [7, 11) is 3.26. The maximum Gasteiger partial charge on any atom is 0.279 e. The summed E-state index contributed by atoms with van der Waals surface area (Å²) >= 11 is 0. The molecule has 1 aromatic rings. The molecule has 0 saturated heterocycles. The van der Waals surface area contributed by atoms with Gasteiger partial charge >= 0.3 is 0 Å². The number of aryl methyl sites for hydroxylation is 2. The summed E-state index contributed by atoms with van der Waals surface area (Å²) in [5.41, 5.74) is 2.81. The number of likely N-dealkylation sites (N-methyl/N-ethyl adjacent to an activating group) is 2. The van der Waals surface area contributed by atoms with E-state index in [-0.39, 0.29) is 37.4 Å². The summed E-state index contributed by atoms with van der Waals surface area (Å²) < 4.78 is 0. The summed E-state index contributed by atoms with van der Waals surface area (Å²) in [6.45, 7) is 4.10. The van der Waals surface area contributed by atoms with Gasteiger partial charge in [-0.25, -0.2) is 0 Å². The lowest BCUT2D eigenvalue weighted by Crippen LogP contribution is -3.11. The van der Waals surface area contributed by atoms with Crippen LogP contribution in [-0.2, 0) is 14.4 Å². The van der Waals surface area contributed by atoms with Gasteiger partial charge in [-0.3, -0.25) is 14.4 Å². The third-order valence-electron chi connectivity index (χ3n) is 3.40. The first-order valence-corrected chi connectivity index (χ1v) is 7.48. The molecule has 4 N–H and O–H groups in total. The molecule has 1 unspecified atom stereocenters. The Morgan fingerprint density at radius 2 is 1.57 bits per heavy atom. The molecule has 0 aliphatic rings. The summed E-state index contributed by atoms with van der Waals surface area (Å²) in [6, 6.07) is 5.81. The molecule has 7 nitrogen and oxygen atoms in total. The summed E-state index contributed by atoms with van der Waals surface area (Å²) in [5.74, 6) is -0.686. The van der Waals surface area contributed by atoms with Crippen LogP contribution in [0.3, 0.4) is 0 Å². The van der Waals surface area contributed by atoms with Gasteiger partial charge in [0.1, 0.15) is 0 Å². The zero-order valence-electron chi connectivity index (χ0n) is 14.1. The van der Waals surface area contributed by atoms with Gasteiger partial charge in [-0.1, -0.05) is 18.2 Å². The predicted octanol–water partition coefficient (Wildman–Crippen LogP) is -1.38. The number of hydrogen-bond acceptors (Lipinski definition) is 3. The number of anilines is 1. The number of nitrogens with one attached hydrogen (secondary N) is 4. The number of quaternary nitrogens is 1. The molecule has 0 aliphatic heterocycles. The van der Waals surface area contributed by atoms with E-state index in [1.54, 1.807) is 7.05 Å². The molecule has 0 heterocycles. The van der Waals surface area contributed by atoms with Crippen molar-refractivity contribution in [2.45, 2.75) is 13.8 Å². The zero-order chi connectivity index (χ0) is 17.4. The van der Waals surface area contributed by atoms with Gasteiger partial charge in [0.2, 0.25) is 5.91 Å². The molecular weight excluding hydrogens is 296 g/mol. The smallest absolute Gasteiger partial charge is 0.279 e. The lowest BCUT2D eigenvalue weighted by atomic mass is 10.1. The van der Waals surface area contributed by atoms with Crippen LogP contribution in [0.2, 0.25) is 0 Å². The topological polar surface area (TPSA) is 91.7 Å². The van der Waals surface area contributed by atoms with Crippen LogP contribution >= 0.6 is 0 Å². The second-order valence-electron chi connectivity index (χ2n) is 5.58. The van der Waals surface area contributed by atoms with Crippen LogP contribution in [0.25, 0.3) is 0 Å². The largest absolute Gasteiger partial charge is 0.358 e. The Bertz CT molecular complexity index is 566. The molecule has 0 spiro atoms. The Kier molecular flexibility index (Phi) is 7.21. The highest BCUT2D eigenvalue weighted by molar-refractivity contribution is 5.93. The van der Waals surface area contributed by atoms with Gasteiger partial charge in [-0.05, 0) is 25.0 Å². The van der Waals surface area contributed by atoms with Crippen molar-refractivity contribution in [3.63, 3.8) is 0 Å². The zero-order valence-corrected chi connectivity index (χ0v) is 14.1. The summed E-state index contributed by atoms with van der Waals surface area (Å²) in [4.78, 5) is 35.6. The Labute approximate surface area is 136 Å². The van der Waals surface area contributed by atoms with Crippen LogP contribution in [0.15, 0.2) is 18.2 Å². The van der Waals surface area contributed by atoms with Crippen LogP contribution < -0.4 is 20.9 Å². The van der Waals surface area contributed by atoms with E-state index in [0.717, 1.165) is 21.7 Å². The SMILES string of the molecule is CNC(=O)CNC(=O)C[NH+](C)CC(=O)Nc1c(C)cccc1C. The molecule has 1 aromatic carbocycles. The molecule has 126 valence electrons. The van der Waals surface area contributed by atoms with E-state index in [0.29, 0.717) is 0 Å². The van der Waals surface area contributed by atoms with Crippen molar-refractivity contribution in [3.8, 4) is 0 Å². The fourth-order valence-corrected chi connectivity index (χ4v) is 2.14. The monoisotopic (exact) mass is 321 g/mol. The number of benzene rings is 1. The third kappa shape index (κ3) is 6.48. The van der Waals surface area contributed by atoms with Crippen molar-refractivity contribution in [2.75, 3.05) is 39.0 Å². The lowest BCUT2D eigenvalue weighted by Gasteiger charge is -2.15. The molecule has 1 rings (SSSR count). The Hall–Kier alpha value is -2.41. The van der Waals surface area contributed by atoms with Crippen molar-refractivity contribution in [1.29, 1.82) is 0 Å². The van der Waals surface area contributed by atoms with E-state index in [2.05, 4.69) is 16.0 Å². The number of carbonyl (C=O) groups is 3. The van der Waals surface area contributed by atoms with Crippen LogP contribution in [0.1, 0.15) is 11.1 Å². The average Bonchev–Trinajstić information content (AvgIpc) is 2.48. The van der Waals surface area contributed by atoms with Gasteiger partial charge in [0.05, 0.1) is 13.6 Å². The molecule has 0 aliphatic carbocycles. The van der Waals surface area contributed by atoms with E-state index in [1.807, 2.05) is 32.0 Å². The maximum absolute atomic E-state index is 12.1. The van der Waals surface area contributed by atoms with Crippen LogP contribution in [0.4, 0.5) is 5.69 Å². The van der Waals surface area contributed by atoms with Crippen molar-refractivity contribution in [3.05, 3.63) is 29.3 Å². The minimum absolute atomic E-state index is 0.0583. The highest BCUT2D eigenvalue weighted by atomic mass is 16.2. The summed E-state index contributed by atoms with van der Waals surface area (Å²) in [5, 5.41) is 7.81. The molecular formula is C16H25N4O3+. The fraction of sp³-hybridized carbons (Fsp3) is 0.438. The molecule has 7 heteroatoms. The van der Waals surface area contributed by atoms with Gasteiger partial charge < -0.3 is 20.9 Å². The molecule has 23 heavy (non-hydrogen) atoms. The molecule has 0 aromatic heterocycles. The fourth-order valence-electron chi connectivity index (χ4n) is 2.14. The number of amides is 3. The quantitative estimate of drug-likeness (QED) is 0.499. The molecule has 0 bridgehead atoms. The van der Waals surface area contributed by atoms with E-state index in [9.17, 15) is 14.4 Å². The minimum Gasteiger partial charge on any atom is -0.358 e. The molecule has 1 atom stereocenters. The van der Waals surface area contributed by atoms with E-state index < -0.39 is 0 Å². The Balaban J connectivity index is 2.45. The van der Waals surface area contributed by atoms with Gasteiger partial charge in [-0.15, -0.1) is 0 Å². The van der Waals surface area contributed by atoms with Crippen LogP contribution in [0, 0.1) is 13.8 Å². The van der Waals surface area contributed by atoms with Crippen LogP contribution in [-0.4, -0.2) is 51.5 Å². The second kappa shape index (κ2) is 8.89. The molecule has 0 radical (unpaired) electrons. The normalized spacial score (nSPS) is 11.5. The first-order chi connectivity index (χ1) is 10.8. The first kappa shape index (κ1) is 18.6. The van der Waals surface area contributed by atoms with Crippen LogP contribution in [0.5, 0.6) is 0 Å². The second-order valence-corrected chi connectivity index (χ2v) is 5.58. The predicted molar refractivity (Wildman–Crippen MR) is 88.2 cm³/mol. The van der Waals surface area contributed by atoms with Gasteiger partial charge in [0.25, 0.3) is 11.8 Å². The summed E-state index contributed by atoms with van der Waals surface area (Å²) in [6.07, 6.45) is 0. The van der Waals surface area contributed by atoms with E-state index in [1.165, 1.54) is 7.05 Å². The van der Waals surface area contributed by atoms with Gasteiger partial charge in [0, 0.05) is 12.7 Å². The average molecular weight is 321 g/mol. The molecule has 0 saturated carbocycles. The maximum atomic E-state index is 12.1. The standard InChI is InChI=1S/C16H24N4O3/c1-11-6-5-7-12(2)16(11)19-15(23)10-20(4)9-14(22)18-8-13(21)17-3/h5-7H,8-10H2,1-4H3,(H,17,21)(H,18,22)(H,19,23)/p+1. The van der Waals surface area contributed by atoms with Gasteiger partial charge in [0.15, 0.2) is 13.1 Å². The van der Waals surface area contributed by atoms with Crippen molar-refractivity contribution >= 4 is 23.4 Å². The highest BCUT2D eigenvalue weighted by Gasteiger charge is 2.15. The number of rotatable bonds is 7. The molecule has 3 amide bonds. The van der Waals surface area contributed by atoms with Crippen molar-refractivity contribution in [1.82, 2.24) is 10.6 Å².